The smallest absolute Gasteiger partial charge is 0.335 e. The molecule has 31 heavy (non-hydrogen) atoms. The number of halogens is 3. The highest BCUT2D eigenvalue weighted by atomic mass is 19.4. The van der Waals surface area contributed by atoms with Gasteiger partial charge in [0.05, 0.1) is 23.1 Å². The third-order valence-corrected chi connectivity index (χ3v) is 6.70. The van der Waals surface area contributed by atoms with Gasteiger partial charge >= 0.3 is 6.18 Å². The lowest BCUT2D eigenvalue weighted by molar-refractivity contribution is -0.137. The summed E-state index contributed by atoms with van der Waals surface area (Å²) in [7, 11) is 0. The molecule has 2 aromatic rings. The van der Waals surface area contributed by atoms with E-state index in [1.54, 1.807) is 35.2 Å². The fraction of sp³-hybridized carbons (Fsp3) is 0.348. The minimum absolute atomic E-state index is 0.0699. The number of alkyl halides is 3. The average molecular weight is 428 g/mol. The minimum Gasteiger partial charge on any atom is -0.335 e. The van der Waals surface area contributed by atoms with Gasteiger partial charge in [-0.2, -0.15) is 13.2 Å². The Bertz CT molecular complexity index is 1070. The number of imide groups is 1. The van der Waals surface area contributed by atoms with Crippen molar-refractivity contribution < 1.29 is 27.6 Å². The fourth-order valence-electron chi connectivity index (χ4n) is 5.36. The molecule has 1 saturated carbocycles. The van der Waals surface area contributed by atoms with Crippen molar-refractivity contribution in [3.05, 3.63) is 65.7 Å². The molecular formula is C23H19F3N2O3. The standard InChI is InChI=1S/C23H19F3N2O3/c24-23(25,26)15-7-4-8-16(11-15)28-21(30)18-14-9-10-17(19(18)22(28)31)27(12-14)20(29)13-5-2-1-3-6-13/h1-8,11,14,17-19H,9-10,12H2/t14-,17-,18-,19+/m0/s1. The molecule has 4 aliphatic rings. The van der Waals surface area contributed by atoms with Crippen LogP contribution in [0.25, 0.3) is 0 Å². The van der Waals surface area contributed by atoms with Crippen LogP contribution in [0.3, 0.4) is 0 Å². The summed E-state index contributed by atoms with van der Waals surface area (Å²) in [5.74, 6) is -2.67. The Morgan fingerprint density at radius 1 is 0.903 bits per heavy atom. The maximum absolute atomic E-state index is 13.3. The molecule has 0 radical (unpaired) electrons. The summed E-state index contributed by atoms with van der Waals surface area (Å²) in [6, 6.07) is 12.6. The van der Waals surface area contributed by atoms with Crippen molar-refractivity contribution in [2.24, 2.45) is 17.8 Å². The van der Waals surface area contributed by atoms with Crippen molar-refractivity contribution in [2.45, 2.75) is 25.1 Å². The topological polar surface area (TPSA) is 57.7 Å². The van der Waals surface area contributed by atoms with E-state index < -0.39 is 41.4 Å². The van der Waals surface area contributed by atoms with E-state index >= 15 is 0 Å². The van der Waals surface area contributed by atoms with E-state index in [0.29, 0.717) is 24.9 Å². The van der Waals surface area contributed by atoms with Gasteiger partial charge in [-0.05, 0) is 49.1 Å². The van der Waals surface area contributed by atoms with Crippen molar-refractivity contribution in [2.75, 3.05) is 11.4 Å². The highest BCUT2D eigenvalue weighted by Crippen LogP contribution is 2.49. The molecule has 4 atom stereocenters. The summed E-state index contributed by atoms with van der Waals surface area (Å²) in [5.41, 5.74) is -0.470. The molecule has 160 valence electrons. The fourth-order valence-corrected chi connectivity index (χ4v) is 5.36. The lowest BCUT2D eigenvalue weighted by Crippen LogP contribution is -2.60. The number of benzene rings is 2. The molecule has 3 amide bonds. The van der Waals surface area contributed by atoms with E-state index in [4.69, 9.17) is 0 Å². The predicted octanol–water partition coefficient (Wildman–Crippen LogP) is 3.75. The molecule has 0 unspecified atom stereocenters. The molecule has 2 bridgehead atoms. The second-order valence-electron chi connectivity index (χ2n) is 8.34. The van der Waals surface area contributed by atoms with Gasteiger partial charge < -0.3 is 4.90 Å². The summed E-state index contributed by atoms with van der Waals surface area (Å²) in [6.07, 6.45) is -3.27. The maximum atomic E-state index is 13.3. The van der Waals surface area contributed by atoms with E-state index in [-0.39, 0.29) is 17.5 Å². The predicted molar refractivity (Wildman–Crippen MR) is 105 cm³/mol. The van der Waals surface area contributed by atoms with Crippen molar-refractivity contribution in [1.29, 1.82) is 0 Å². The normalized spacial score (nSPS) is 27.6. The van der Waals surface area contributed by atoms with Crippen molar-refractivity contribution in [3.63, 3.8) is 0 Å². The van der Waals surface area contributed by atoms with Crippen LogP contribution in [0, 0.1) is 17.8 Å². The first-order chi connectivity index (χ1) is 14.8. The Kier molecular flexibility index (Phi) is 4.42. The molecule has 0 aromatic heterocycles. The summed E-state index contributed by atoms with van der Waals surface area (Å²) in [5, 5.41) is 0. The van der Waals surface area contributed by atoms with Gasteiger partial charge in [0.25, 0.3) is 5.91 Å². The van der Waals surface area contributed by atoms with Gasteiger partial charge in [-0.15, -0.1) is 0 Å². The van der Waals surface area contributed by atoms with Crippen molar-refractivity contribution >= 4 is 23.4 Å². The molecule has 6 rings (SSSR count). The number of carbonyl (C=O) groups excluding carboxylic acids is 3. The highest BCUT2D eigenvalue weighted by molar-refractivity contribution is 6.22. The van der Waals surface area contributed by atoms with Gasteiger partial charge in [0.2, 0.25) is 11.8 Å². The van der Waals surface area contributed by atoms with Gasteiger partial charge in [0, 0.05) is 18.2 Å². The van der Waals surface area contributed by atoms with Crippen LogP contribution in [0.1, 0.15) is 28.8 Å². The molecule has 8 heteroatoms. The quantitative estimate of drug-likeness (QED) is 0.685. The van der Waals surface area contributed by atoms with Gasteiger partial charge in [-0.25, -0.2) is 4.90 Å². The Morgan fingerprint density at radius 2 is 1.61 bits per heavy atom. The first-order valence-corrected chi connectivity index (χ1v) is 10.2. The van der Waals surface area contributed by atoms with Crippen molar-refractivity contribution in [3.8, 4) is 0 Å². The second kappa shape index (κ2) is 6.93. The van der Waals surface area contributed by atoms with Gasteiger partial charge in [-0.3, -0.25) is 14.4 Å². The SMILES string of the molecule is O=C1[C@H]2[C@H]3CC[C@@H]([C@H]2C(=O)N1c1cccc(C(F)(F)F)c1)N(C(=O)c1ccccc1)C3. The van der Waals surface area contributed by atoms with E-state index in [2.05, 4.69) is 0 Å². The number of carbonyl (C=O) groups is 3. The number of amides is 3. The third kappa shape index (κ3) is 3.04. The van der Waals surface area contributed by atoms with E-state index in [1.807, 2.05) is 0 Å². The zero-order valence-corrected chi connectivity index (χ0v) is 16.4. The van der Waals surface area contributed by atoms with Crippen LogP contribution in [0.4, 0.5) is 18.9 Å². The summed E-state index contributed by atoms with van der Waals surface area (Å²) >= 11 is 0. The van der Waals surface area contributed by atoms with Crippen molar-refractivity contribution in [1.82, 2.24) is 4.90 Å². The number of fused-ring (bicyclic) bond motifs is 2. The van der Waals surface area contributed by atoms with Gasteiger partial charge in [0.1, 0.15) is 0 Å². The molecule has 1 aliphatic carbocycles. The molecule has 4 fully saturated rings. The van der Waals surface area contributed by atoms with Crippen LogP contribution >= 0.6 is 0 Å². The molecule has 3 saturated heterocycles. The van der Waals surface area contributed by atoms with Crippen LogP contribution in [-0.2, 0) is 15.8 Å². The number of hydrogen-bond donors (Lipinski definition) is 0. The summed E-state index contributed by atoms with van der Waals surface area (Å²) in [6.45, 7) is 0.370. The largest absolute Gasteiger partial charge is 0.416 e. The number of anilines is 1. The maximum Gasteiger partial charge on any atom is 0.416 e. The Hall–Kier alpha value is -3.16. The van der Waals surface area contributed by atoms with Gasteiger partial charge in [0.15, 0.2) is 0 Å². The van der Waals surface area contributed by atoms with E-state index in [9.17, 15) is 27.6 Å². The summed E-state index contributed by atoms with van der Waals surface area (Å²) < 4.78 is 39.4. The van der Waals surface area contributed by atoms with Crippen LogP contribution in [0.5, 0.6) is 0 Å². The first kappa shape index (κ1) is 19.8. The molecule has 2 aromatic carbocycles. The lowest BCUT2D eigenvalue weighted by atomic mass is 9.66. The monoisotopic (exact) mass is 428 g/mol. The lowest BCUT2D eigenvalue weighted by Gasteiger charge is -2.50. The second-order valence-corrected chi connectivity index (χ2v) is 8.34. The molecule has 3 aliphatic heterocycles. The minimum atomic E-state index is -4.58. The number of nitrogens with zero attached hydrogens (tertiary/aromatic N) is 2. The molecular weight excluding hydrogens is 409 g/mol. The molecule has 5 nitrogen and oxygen atoms in total. The van der Waals surface area contributed by atoms with Crippen LogP contribution in [0.15, 0.2) is 54.6 Å². The highest BCUT2D eigenvalue weighted by Gasteiger charge is 2.61. The number of piperidine rings is 2. The van der Waals surface area contributed by atoms with Crippen LogP contribution in [-0.4, -0.2) is 35.2 Å². The zero-order valence-electron chi connectivity index (χ0n) is 16.4. The molecule has 0 N–H and O–H groups in total. The van der Waals surface area contributed by atoms with Crippen LogP contribution in [0.2, 0.25) is 0 Å². The number of rotatable bonds is 2. The zero-order chi connectivity index (χ0) is 21.9. The molecule has 0 spiro atoms. The number of hydrogen-bond acceptors (Lipinski definition) is 3. The Balaban J connectivity index is 1.48. The Morgan fingerprint density at radius 3 is 2.32 bits per heavy atom. The van der Waals surface area contributed by atoms with E-state index in [0.717, 1.165) is 17.0 Å². The summed E-state index contributed by atoms with van der Waals surface area (Å²) in [4.78, 5) is 42.1. The average Bonchev–Trinajstić information content (AvgIpc) is 3.06. The first-order valence-electron chi connectivity index (χ1n) is 10.2. The van der Waals surface area contributed by atoms with E-state index in [1.165, 1.54) is 12.1 Å². The Labute approximate surface area is 176 Å². The van der Waals surface area contributed by atoms with Crippen LogP contribution < -0.4 is 4.90 Å². The molecule has 3 heterocycles. The van der Waals surface area contributed by atoms with Gasteiger partial charge in [-0.1, -0.05) is 24.3 Å². The third-order valence-electron chi connectivity index (χ3n) is 6.70.